The molecule has 0 amide bonds. The summed E-state index contributed by atoms with van der Waals surface area (Å²) in [5, 5.41) is 12.2. The zero-order chi connectivity index (χ0) is 23.6. The third kappa shape index (κ3) is 6.96. The zero-order valence-electron chi connectivity index (χ0n) is 19.0. The van der Waals surface area contributed by atoms with E-state index >= 15 is 0 Å². The number of carbonyl (C=O) groups excluding carboxylic acids is 3. The van der Waals surface area contributed by atoms with Crippen LogP contribution in [-0.4, -0.2) is 62.4 Å². The SMILES string of the molecule is CCOC(C[C@@H]1[C@@H](C(=O)OC)C(=O)[C@H](CC)[C@@H](CCCC(=O)OC)[C@@H]1[N+](=O)[O-])OCC. The highest BCUT2D eigenvalue weighted by molar-refractivity contribution is 6.01. The summed E-state index contributed by atoms with van der Waals surface area (Å²) in [6.07, 6.45) is 0.338. The first kappa shape index (κ1) is 27.0. The molecule has 0 spiro atoms. The maximum atomic E-state index is 13.3. The van der Waals surface area contributed by atoms with Gasteiger partial charge in [-0.3, -0.25) is 24.5 Å². The second-order valence-corrected chi connectivity index (χ2v) is 7.57. The van der Waals surface area contributed by atoms with Crippen LogP contribution in [0.15, 0.2) is 0 Å². The van der Waals surface area contributed by atoms with Crippen molar-refractivity contribution in [1.82, 2.24) is 0 Å². The first-order chi connectivity index (χ1) is 14.8. The van der Waals surface area contributed by atoms with Crippen molar-refractivity contribution >= 4 is 17.7 Å². The number of methoxy groups -OCH3 is 2. The van der Waals surface area contributed by atoms with Crippen LogP contribution in [-0.2, 0) is 33.3 Å². The average Bonchev–Trinajstić information content (AvgIpc) is 2.73. The first-order valence-corrected chi connectivity index (χ1v) is 10.8. The Balaban J connectivity index is 3.34. The molecule has 31 heavy (non-hydrogen) atoms. The number of nitro groups is 1. The Kier molecular flexibility index (Phi) is 11.6. The van der Waals surface area contributed by atoms with Crippen molar-refractivity contribution in [3.05, 3.63) is 10.1 Å². The Hall–Kier alpha value is -2.07. The van der Waals surface area contributed by atoms with Crippen LogP contribution in [0.2, 0.25) is 0 Å². The second kappa shape index (κ2) is 13.4. The summed E-state index contributed by atoms with van der Waals surface area (Å²) >= 11 is 0. The summed E-state index contributed by atoms with van der Waals surface area (Å²) in [7, 11) is 2.44. The van der Waals surface area contributed by atoms with Gasteiger partial charge in [0, 0.05) is 42.8 Å². The minimum atomic E-state index is -1.26. The summed E-state index contributed by atoms with van der Waals surface area (Å²) < 4.78 is 20.6. The number of hydrogen-bond acceptors (Lipinski definition) is 9. The summed E-state index contributed by atoms with van der Waals surface area (Å²) in [6, 6.07) is -1.17. The number of Topliss-reactive ketones (excluding diaryl/α,β-unsaturated/α-hetero) is 1. The minimum Gasteiger partial charge on any atom is -0.469 e. The molecule has 0 N–H and O–H groups in total. The molecule has 10 heteroatoms. The van der Waals surface area contributed by atoms with Crippen molar-refractivity contribution in [3.63, 3.8) is 0 Å². The van der Waals surface area contributed by atoms with Crippen LogP contribution in [0.3, 0.4) is 0 Å². The van der Waals surface area contributed by atoms with Gasteiger partial charge in [0.25, 0.3) is 0 Å². The molecule has 0 aromatic rings. The van der Waals surface area contributed by atoms with Crippen molar-refractivity contribution in [2.24, 2.45) is 23.7 Å². The van der Waals surface area contributed by atoms with Gasteiger partial charge in [-0.2, -0.15) is 0 Å². The fraction of sp³-hybridized carbons (Fsp3) is 0.857. The summed E-state index contributed by atoms with van der Waals surface area (Å²) in [5.41, 5.74) is 0. The largest absolute Gasteiger partial charge is 0.469 e. The standard InChI is InChI=1S/C21H35NO9/c1-6-13-14(10-9-11-16(23)28-4)19(22(26)27)15(12-17(30-7-2)31-8-3)18(20(13)24)21(25)29-5/h13-15,17-19H,6-12H2,1-5H3/t13-,14-,15-,18-,19+/m1/s1. The molecule has 0 radical (unpaired) electrons. The molecule has 0 unspecified atom stereocenters. The van der Waals surface area contributed by atoms with Gasteiger partial charge < -0.3 is 18.9 Å². The van der Waals surface area contributed by atoms with Crippen molar-refractivity contribution in [1.29, 1.82) is 0 Å². The Bertz CT molecular complexity index is 618. The maximum absolute atomic E-state index is 13.3. The Morgan fingerprint density at radius 1 is 1.06 bits per heavy atom. The van der Waals surface area contributed by atoms with Gasteiger partial charge in [-0.1, -0.05) is 6.92 Å². The van der Waals surface area contributed by atoms with E-state index in [1.54, 1.807) is 20.8 Å². The fourth-order valence-electron chi connectivity index (χ4n) is 4.65. The van der Waals surface area contributed by atoms with E-state index in [2.05, 4.69) is 4.74 Å². The van der Waals surface area contributed by atoms with Crippen LogP contribution >= 0.6 is 0 Å². The topological polar surface area (TPSA) is 131 Å². The third-order valence-electron chi connectivity index (χ3n) is 5.95. The van der Waals surface area contributed by atoms with Gasteiger partial charge >= 0.3 is 11.9 Å². The fourth-order valence-corrected chi connectivity index (χ4v) is 4.65. The molecule has 178 valence electrons. The number of hydrogen-bond donors (Lipinski definition) is 0. The molecule has 1 saturated carbocycles. The van der Waals surface area contributed by atoms with Crippen LogP contribution < -0.4 is 0 Å². The van der Waals surface area contributed by atoms with Crippen LogP contribution in [0.4, 0.5) is 0 Å². The Morgan fingerprint density at radius 2 is 1.68 bits per heavy atom. The molecule has 0 aromatic heterocycles. The highest BCUT2D eigenvalue weighted by atomic mass is 16.7. The summed E-state index contributed by atoms with van der Waals surface area (Å²) in [5.74, 6) is -5.04. The lowest BCUT2D eigenvalue weighted by atomic mass is 9.61. The molecule has 5 atom stereocenters. The number of ether oxygens (including phenoxy) is 4. The number of esters is 2. The Morgan fingerprint density at radius 3 is 2.13 bits per heavy atom. The monoisotopic (exact) mass is 445 g/mol. The molecule has 0 aliphatic heterocycles. The normalized spacial score (nSPS) is 26.0. The minimum absolute atomic E-state index is 0.0166. The lowest BCUT2D eigenvalue weighted by Crippen LogP contribution is -2.56. The Labute approximate surface area is 183 Å². The third-order valence-corrected chi connectivity index (χ3v) is 5.95. The molecule has 10 nitrogen and oxygen atoms in total. The van der Waals surface area contributed by atoms with Gasteiger partial charge in [0.1, 0.15) is 5.92 Å². The van der Waals surface area contributed by atoms with Crippen LogP contribution in [0.1, 0.15) is 52.9 Å². The van der Waals surface area contributed by atoms with Gasteiger partial charge in [0.05, 0.1) is 20.1 Å². The van der Waals surface area contributed by atoms with Crippen molar-refractivity contribution in [2.45, 2.75) is 65.2 Å². The van der Waals surface area contributed by atoms with E-state index in [-0.39, 0.29) is 18.6 Å². The van der Waals surface area contributed by atoms with E-state index in [4.69, 9.17) is 14.2 Å². The van der Waals surface area contributed by atoms with E-state index in [9.17, 15) is 24.5 Å². The lowest BCUT2D eigenvalue weighted by Gasteiger charge is -2.41. The highest BCUT2D eigenvalue weighted by Crippen LogP contribution is 2.44. The van der Waals surface area contributed by atoms with E-state index in [0.717, 1.165) is 0 Å². The van der Waals surface area contributed by atoms with Crippen molar-refractivity contribution in [2.75, 3.05) is 27.4 Å². The molecule has 1 fully saturated rings. The zero-order valence-corrected chi connectivity index (χ0v) is 19.0. The first-order valence-electron chi connectivity index (χ1n) is 10.8. The molecule has 1 rings (SSSR count). The predicted molar refractivity (Wildman–Crippen MR) is 110 cm³/mol. The van der Waals surface area contributed by atoms with E-state index in [1.807, 2.05) is 0 Å². The molecule has 0 heterocycles. The number of rotatable bonds is 13. The van der Waals surface area contributed by atoms with Gasteiger partial charge in [-0.05, 0) is 33.1 Å². The molecule has 1 aliphatic rings. The van der Waals surface area contributed by atoms with Crippen LogP contribution in [0, 0.1) is 33.8 Å². The smallest absolute Gasteiger partial charge is 0.316 e. The van der Waals surface area contributed by atoms with E-state index in [1.165, 1.54) is 14.2 Å². The summed E-state index contributed by atoms with van der Waals surface area (Å²) in [6.45, 7) is 5.94. The van der Waals surface area contributed by atoms with Crippen LogP contribution in [0.25, 0.3) is 0 Å². The van der Waals surface area contributed by atoms with Crippen molar-refractivity contribution < 1.29 is 38.3 Å². The van der Waals surface area contributed by atoms with E-state index in [0.29, 0.717) is 32.5 Å². The van der Waals surface area contributed by atoms with E-state index < -0.39 is 52.9 Å². The average molecular weight is 446 g/mol. The summed E-state index contributed by atoms with van der Waals surface area (Å²) in [4.78, 5) is 49.2. The maximum Gasteiger partial charge on any atom is 0.316 e. The quantitative estimate of drug-likeness (QED) is 0.138. The van der Waals surface area contributed by atoms with Gasteiger partial charge in [-0.25, -0.2) is 0 Å². The predicted octanol–water partition coefficient (Wildman–Crippen LogP) is 2.39. The van der Waals surface area contributed by atoms with Gasteiger partial charge in [0.15, 0.2) is 12.1 Å². The number of ketones is 1. The van der Waals surface area contributed by atoms with Crippen molar-refractivity contribution in [3.8, 4) is 0 Å². The van der Waals surface area contributed by atoms with Gasteiger partial charge in [-0.15, -0.1) is 0 Å². The number of carbonyl (C=O) groups is 3. The van der Waals surface area contributed by atoms with Crippen LogP contribution in [0.5, 0.6) is 0 Å². The number of nitrogens with zero attached hydrogens (tertiary/aromatic N) is 1. The van der Waals surface area contributed by atoms with Gasteiger partial charge in [0.2, 0.25) is 6.04 Å². The molecule has 0 bridgehead atoms. The highest BCUT2D eigenvalue weighted by Gasteiger charge is 2.58. The molecule has 0 aromatic carbocycles. The molecular formula is C21H35NO9. The second-order valence-electron chi connectivity index (χ2n) is 7.57. The molecule has 1 aliphatic carbocycles. The molecular weight excluding hydrogens is 410 g/mol. The lowest BCUT2D eigenvalue weighted by molar-refractivity contribution is -0.548. The molecule has 0 saturated heterocycles.